The Balaban J connectivity index is 2.01. The van der Waals surface area contributed by atoms with Gasteiger partial charge in [0.25, 0.3) is 11.8 Å². The largest absolute Gasteiger partial charge is 0.396 e. The van der Waals surface area contributed by atoms with Gasteiger partial charge in [0.1, 0.15) is 0 Å². The van der Waals surface area contributed by atoms with Crippen molar-refractivity contribution < 1.29 is 19.8 Å². The van der Waals surface area contributed by atoms with Crippen molar-refractivity contribution in [2.24, 2.45) is 0 Å². The highest BCUT2D eigenvalue weighted by Gasteiger charge is 2.15. The van der Waals surface area contributed by atoms with Gasteiger partial charge in [0, 0.05) is 36.1 Å². The van der Waals surface area contributed by atoms with Crippen LogP contribution in [0.1, 0.15) is 46.4 Å². The molecule has 0 aliphatic rings. The standard InChI is InChI=1S/C22H28N2O4S2/c25-15-7-5-13-23-21(27)17-9-1-3-11-19(17)29-30-20-12-4-2-10-18(20)22(28)24-14-6-8-16-26/h1-4,9-12,25-26H,5-8,13-16H2,(H,23,27)(H,24,28). The topological polar surface area (TPSA) is 98.7 Å². The van der Waals surface area contributed by atoms with Gasteiger partial charge in [0.15, 0.2) is 0 Å². The van der Waals surface area contributed by atoms with Crippen molar-refractivity contribution in [2.45, 2.75) is 35.5 Å². The molecule has 8 heteroatoms. The third-order valence-electron chi connectivity index (χ3n) is 4.23. The number of carbonyl (C=O) groups is 2. The molecule has 4 N–H and O–H groups in total. The van der Waals surface area contributed by atoms with Crippen molar-refractivity contribution in [3.63, 3.8) is 0 Å². The summed E-state index contributed by atoms with van der Waals surface area (Å²) < 4.78 is 0. The quantitative estimate of drug-likeness (QED) is 0.277. The molecule has 2 amide bonds. The predicted molar refractivity (Wildman–Crippen MR) is 122 cm³/mol. The Morgan fingerprint density at radius 3 is 1.47 bits per heavy atom. The molecule has 30 heavy (non-hydrogen) atoms. The second-order valence-corrected chi connectivity index (χ2v) is 8.75. The van der Waals surface area contributed by atoms with Crippen LogP contribution in [0, 0.1) is 0 Å². The Kier molecular flexibility index (Phi) is 11.4. The predicted octanol–water partition coefficient (Wildman–Crippen LogP) is 3.49. The Morgan fingerprint density at radius 1 is 0.667 bits per heavy atom. The van der Waals surface area contributed by atoms with E-state index in [0.717, 1.165) is 22.6 Å². The van der Waals surface area contributed by atoms with Crippen LogP contribution in [-0.2, 0) is 0 Å². The maximum Gasteiger partial charge on any atom is 0.252 e. The first-order valence-electron chi connectivity index (χ1n) is 9.98. The molecule has 0 aromatic heterocycles. The summed E-state index contributed by atoms with van der Waals surface area (Å²) in [7, 11) is 2.88. The summed E-state index contributed by atoms with van der Waals surface area (Å²) >= 11 is 0. The molecule has 0 saturated heterocycles. The minimum absolute atomic E-state index is 0.118. The molecular formula is C22H28N2O4S2. The number of aliphatic hydroxyl groups is 2. The maximum atomic E-state index is 12.5. The minimum Gasteiger partial charge on any atom is -0.396 e. The summed E-state index contributed by atoms with van der Waals surface area (Å²) in [6, 6.07) is 14.7. The molecule has 0 radical (unpaired) electrons. The number of hydrogen-bond donors (Lipinski definition) is 4. The fraction of sp³-hybridized carbons (Fsp3) is 0.364. The van der Waals surface area contributed by atoms with E-state index >= 15 is 0 Å². The zero-order valence-electron chi connectivity index (χ0n) is 16.8. The molecule has 6 nitrogen and oxygen atoms in total. The van der Waals surface area contributed by atoms with Gasteiger partial charge in [-0.25, -0.2) is 0 Å². The van der Waals surface area contributed by atoms with Crippen LogP contribution < -0.4 is 10.6 Å². The van der Waals surface area contributed by atoms with Gasteiger partial charge in [-0.15, -0.1) is 0 Å². The summed E-state index contributed by atoms with van der Waals surface area (Å²) in [6.45, 7) is 1.27. The van der Waals surface area contributed by atoms with Gasteiger partial charge in [0.05, 0.1) is 11.1 Å². The van der Waals surface area contributed by atoms with Gasteiger partial charge in [-0.2, -0.15) is 0 Å². The number of aliphatic hydroxyl groups excluding tert-OH is 2. The van der Waals surface area contributed by atoms with Crippen LogP contribution in [0.5, 0.6) is 0 Å². The van der Waals surface area contributed by atoms with E-state index in [0.29, 0.717) is 37.1 Å². The van der Waals surface area contributed by atoms with Crippen LogP contribution in [0.15, 0.2) is 58.3 Å². The second-order valence-electron chi connectivity index (χ2n) is 6.53. The Labute approximate surface area is 185 Å². The molecule has 0 aliphatic carbocycles. The normalized spacial score (nSPS) is 10.6. The molecule has 0 fully saturated rings. The van der Waals surface area contributed by atoms with Gasteiger partial charge in [-0.3, -0.25) is 9.59 Å². The lowest BCUT2D eigenvalue weighted by Crippen LogP contribution is -2.25. The maximum absolute atomic E-state index is 12.5. The molecule has 2 aromatic rings. The zero-order chi connectivity index (χ0) is 21.6. The summed E-state index contributed by atoms with van der Waals surface area (Å²) in [4.78, 5) is 26.7. The van der Waals surface area contributed by atoms with E-state index in [4.69, 9.17) is 10.2 Å². The number of hydrogen-bond acceptors (Lipinski definition) is 6. The van der Waals surface area contributed by atoms with Gasteiger partial charge < -0.3 is 20.8 Å². The van der Waals surface area contributed by atoms with E-state index < -0.39 is 0 Å². The number of unbranched alkanes of at least 4 members (excludes halogenated alkanes) is 2. The number of amides is 2. The Hall–Kier alpha value is -2.00. The van der Waals surface area contributed by atoms with Crippen LogP contribution in [0.2, 0.25) is 0 Å². The average Bonchev–Trinajstić information content (AvgIpc) is 2.78. The summed E-state index contributed by atoms with van der Waals surface area (Å²) in [5, 5.41) is 23.5. The van der Waals surface area contributed by atoms with Gasteiger partial charge in [-0.1, -0.05) is 45.9 Å². The molecule has 0 saturated carbocycles. The molecule has 0 unspecified atom stereocenters. The van der Waals surface area contributed by atoms with Crippen LogP contribution >= 0.6 is 21.6 Å². The van der Waals surface area contributed by atoms with Gasteiger partial charge in [0.2, 0.25) is 0 Å². The Morgan fingerprint density at radius 2 is 1.07 bits per heavy atom. The third kappa shape index (κ3) is 8.02. The van der Waals surface area contributed by atoms with E-state index in [1.165, 1.54) is 21.6 Å². The second kappa shape index (κ2) is 14.1. The van der Waals surface area contributed by atoms with Gasteiger partial charge in [-0.05, 0) is 49.9 Å². The van der Waals surface area contributed by atoms with Gasteiger partial charge >= 0.3 is 0 Å². The van der Waals surface area contributed by atoms with E-state index in [1.54, 1.807) is 12.1 Å². The number of carbonyl (C=O) groups excluding carboxylic acids is 2. The van der Waals surface area contributed by atoms with Crippen molar-refractivity contribution in [3.8, 4) is 0 Å². The average molecular weight is 449 g/mol. The zero-order valence-corrected chi connectivity index (χ0v) is 18.4. The van der Waals surface area contributed by atoms with Crippen LogP contribution in [0.4, 0.5) is 0 Å². The van der Waals surface area contributed by atoms with Crippen molar-refractivity contribution in [2.75, 3.05) is 26.3 Å². The van der Waals surface area contributed by atoms with E-state index in [1.807, 2.05) is 36.4 Å². The van der Waals surface area contributed by atoms with E-state index in [2.05, 4.69) is 10.6 Å². The first-order chi connectivity index (χ1) is 14.7. The lowest BCUT2D eigenvalue weighted by atomic mass is 10.2. The van der Waals surface area contributed by atoms with Crippen molar-refractivity contribution >= 4 is 33.4 Å². The highest BCUT2D eigenvalue weighted by Crippen LogP contribution is 2.40. The fourth-order valence-corrected chi connectivity index (χ4v) is 4.97. The third-order valence-corrected chi connectivity index (χ3v) is 6.71. The first-order valence-corrected chi connectivity index (χ1v) is 12.1. The molecule has 0 atom stereocenters. The van der Waals surface area contributed by atoms with Crippen molar-refractivity contribution in [1.29, 1.82) is 0 Å². The molecule has 0 spiro atoms. The lowest BCUT2D eigenvalue weighted by Gasteiger charge is -2.11. The molecule has 0 aliphatic heterocycles. The van der Waals surface area contributed by atoms with Crippen LogP contribution in [-0.4, -0.2) is 48.3 Å². The Bertz CT molecular complexity index is 750. The SMILES string of the molecule is O=C(NCCCCO)c1ccccc1SSc1ccccc1C(=O)NCCCCO. The van der Waals surface area contributed by atoms with E-state index in [-0.39, 0.29) is 25.0 Å². The lowest BCUT2D eigenvalue weighted by molar-refractivity contribution is 0.0941. The van der Waals surface area contributed by atoms with Crippen LogP contribution in [0.25, 0.3) is 0 Å². The highest BCUT2D eigenvalue weighted by molar-refractivity contribution is 8.76. The van der Waals surface area contributed by atoms with Crippen LogP contribution in [0.3, 0.4) is 0 Å². The minimum atomic E-state index is -0.147. The fourth-order valence-electron chi connectivity index (χ4n) is 2.61. The van der Waals surface area contributed by atoms with Crippen molar-refractivity contribution in [1.82, 2.24) is 10.6 Å². The molecule has 162 valence electrons. The van der Waals surface area contributed by atoms with E-state index in [9.17, 15) is 9.59 Å². The monoisotopic (exact) mass is 448 g/mol. The number of rotatable bonds is 13. The highest BCUT2D eigenvalue weighted by atomic mass is 33.1. The molecule has 2 aromatic carbocycles. The molecule has 2 rings (SSSR count). The number of benzene rings is 2. The van der Waals surface area contributed by atoms with Crippen molar-refractivity contribution in [3.05, 3.63) is 59.7 Å². The number of nitrogens with one attached hydrogen (secondary N) is 2. The molecular weight excluding hydrogens is 420 g/mol. The molecule has 0 bridgehead atoms. The molecule has 0 heterocycles. The summed E-state index contributed by atoms with van der Waals surface area (Å²) in [6.07, 6.45) is 2.77. The first kappa shape index (κ1) is 24.3. The summed E-state index contributed by atoms with van der Waals surface area (Å²) in [5.74, 6) is -0.293. The smallest absolute Gasteiger partial charge is 0.252 e. The summed E-state index contributed by atoms with van der Waals surface area (Å²) in [5.41, 5.74) is 1.18.